The summed E-state index contributed by atoms with van der Waals surface area (Å²) in [5.74, 6) is -0.128. The maximum atomic E-state index is 12.1. The van der Waals surface area contributed by atoms with Crippen LogP contribution in [-0.2, 0) is 0 Å². The minimum Gasteiger partial charge on any atom is -0.289 e. The normalized spacial score (nSPS) is 11.8. The lowest BCUT2D eigenvalue weighted by atomic mass is 9.84. The summed E-state index contributed by atoms with van der Waals surface area (Å²) in [5.41, 5.74) is 2.02. The van der Waals surface area contributed by atoms with Gasteiger partial charge in [0.1, 0.15) is 6.33 Å². The van der Waals surface area contributed by atoms with Crippen LogP contribution < -0.4 is 0 Å². The fraction of sp³-hybridized carbons (Fsp3) is 0. The first-order valence-corrected chi connectivity index (χ1v) is 6.63. The highest BCUT2D eigenvalue weighted by Gasteiger charge is 2.28. The van der Waals surface area contributed by atoms with E-state index in [1.165, 1.54) is 12.5 Å². The SMILES string of the molecule is O=C1c2ccccc2C(=O)c2ccccc21.c1cnncn1. The lowest BCUT2D eigenvalue weighted by molar-refractivity contribution is 0.0979. The van der Waals surface area contributed by atoms with Crippen LogP contribution in [0.4, 0.5) is 0 Å². The first kappa shape index (κ1) is 13.8. The van der Waals surface area contributed by atoms with Crippen molar-refractivity contribution in [3.8, 4) is 0 Å². The van der Waals surface area contributed by atoms with E-state index in [2.05, 4.69) is 15.2 Å². The van der Waals surface area contributed by atoms with Crippen LogP contribution in [-0.4, -0.2) is 26.7 Å². The molecule has 2 aromatic carbocycles. The Morgan fingerprint density at radius 1 is 0.591 bits per heavy atom. The maximum Gasteiger partial charge on any atom is 0.194 e. The first-order chi connectivity index (χ1) is 10.8. The van der Waals surface area contributed by atoms with E-state index >= 15 is 0 Å². The number of ketones is 2. The second kappa shape index (κ2) is 6.05. The average Bonchev–Trinajstić information content (AvgIpc) is 2.62. The molecule has 0 amide bonds. The van der Waals surface area contributed by atoms with Gasteiger partial charge in [-0.15, -0.1) is 5.10 Å². The van der Waals surface area contributed by atoms with Crippen LogP contribution in [0.3, 0.4) is 0 Å². The van der Waals surface area contributed by atoms with E-state index in [1.807, 2.05) is 0 Å². The van der Waals surface area contributed by atoms with Crippen LogP contribution >= 0.6 is 0 Å². The Morgan fingerprint density at radius 2 is 1.05 bits per heavy atom. The molecule has 0 bridgehead atoms. The second-order valence-electron chi connectivity index (χ2n) is 4.54. The van der Waals surface area contributed by atoms with Gasteiger partial charge in [0.15, 0.2) is 11.6 Å². The predicted molar refractivity (Wildman–Crippen MR) is 79.6 cm³/mol. The largest absolute Gasteiger partial charge is 0.289 e. The van der Waals surface area contributed by atoms with Crippen LogP contribution in [0.2, 0.25) is 0 Å². The van der Waals surface area contributed by atoms with Gasteiger partial charge in [0.05, 0.1) is 6.20 Å². The molecule has 1 aliphatic carbocycles. The van der Waals surface area contributed by atoms with Crippen molar-refractivity contribution in [1.82, 2.24) is 15.2 Å². The summed E-state index contributed by atoms with van der Waals surface area (Å²) < 4.78 is 0. The third-order valence-corrected chi connectivity index (χ3v) is 3.24. The number of carbonyl (C=O) groups is 2. The van der Waals surface area contributed by atoms with E-state index in [0.717, 1.165) is 0 Å². The van der Waals surface area contributed by atoms with Crippen molar-refractivity contribution in [3.63, 3.8) is 0 Å². The smallest absolute Gasteiger partial charge is 0.194 e. The number of rotatable bonds is 0. The molecule has 1 heterocycles. The Balaban J connectivity index is 0.000000202. The van der Waals surface area contributed by atoms with Crippen molar-refractivity contribution >= 4 is 11.6 Å². The van der Waals surface area contributed by atoms with Crippen LogP contribution in [0.15, 0.2) is 67.3 Å². The summed E-state index contributed by atoms with van der Waals surface area (Å²) in [6.45, 7) is 0. The molecule has 5 heteroatoms. The molecule has 3 aromatic rings. The molecular weight excluding hydrogens is 278 g/mol. The van der Waals surface area contributed by atoms with Crippen molar-refractivity contribution in [3.05, 3.63) is 89.5 Å². The highest BCUT2D eigenvalue weighted by Crippen LogP contribution is 2.26. The monoisotopic (exact) mass is 289 g/mol. The zero-order valence-electron chi connectivity index (χ0n) is 11.5. The topological polar surface area (TPSA) is 72.8 Å². The lowest BCUT2D eigenvalue weighted by Crippen LogP contribution is -2.20. The number of fused-ring (bicyclic) bond motifs is 2. The molecule has 0 aliphatic heterocycles. The standard InChI is InChI=1S/C14H8O2.C3H3N3/c15-13-9-5-1-2-6-10(9)14(16)12-8-4-3-7-11(12)13;1-2-5-6-3-4-1/h1-8H;1-3H. The molecule has 1 aromatic heterocycles. The Morgan fingerprint density at radius 3 is 1.27 bits per heavy atom. The molecule has 0 saturated heterocycles. The van der Waals surface area contributed by atoms with Gasteiger partial charge in [-0.05, 0) is 0 Å². The van der Waals surface area contributed by atoms with Crippen molar-refractivity contribution in [1.29, 1.82) is 0 Å². The molecule has 5 nitrogen and oxygen atoms in total. The third kappa shape index (κ3) is 2.52. The van der Waals surface area contributed by atoms with Gasteiger partial charge in [0.2, 0.25) is 0 Å². The molecule has 0 radical (unpaired) electrons. The Hall–Kier alpha value is -3.21. The number of hydrogen-bond donors (Lipinski definition) is 0. The molecular formula is C17H11N3O2. The molecule has 0 atom stereocenters. The number of nitrogens with zero attached hydrogens (tertiary/aromatic N) is 3. The molecule has 0 fully saturated rings. The van der Waals surface area contributed by atoms with Crippen molar-refractivity contribution in [2.75, 3.05) is 0 Å². The van der Waals surface area contributed by atoms with Crippen LogP contribution in [0, 0.1) is 0 Å². The van der Waals surface area contributed by atoms with E-state index in [4.69, 9.17) is 0 Å². The fourth-order valence-electron chi connectivity index (χ4n) is 2.25. The molecule has 22 heavy (non-hydrogen) atoms. The molecule has 4 rings (SSSR count). The van der Waals surface area contributed by atoms with Crippen LogP contribution in [0.25, 0.3) is 0 Å². The van der Waals surface area contributed by atoms with Crippen LogP contribution in [0.1, 0.15) is 31.8 Å². The number of benzene rings is 2. The quantitative estimate of drug-likeness (QED) is 0.497. The van der Waals surface area contributed by atoms with Crippen molar-refractivity contribution in [2.24, 2.45) is 0 Å². The zero-order valence-corrected chi connectivity index (χ0v) is 11.5. The summed E-state index contributed by atoms with van der Waals surface area (Å²) in [5, 5.41) is 6.90. The number of aromatic nitrogens is 3. The van der Waals surface area contributed by atoms with Crippen molar-refractivity contribution < 1.29 is 9.59 Å². The summed E-state index contributed by atoms with van der Waals surface area (Å²) in [6.07, 6.45) is 4.49. The molecule has 0 saturated carbocycles. The lowest BCUT2D eigenvalue weighted by Gasteiger charge is -2.16. The Bertz CT molecular complexity index is 700. The van der Waals surface area contributed by atoms with Crippen molar-refractivity contribution in [2.45, 2.75) is 0 Å². The molecule has 0 spiro atoms. The van der Waals surface area contributed by atoms with E-state index in [9.17, 15) is 9.59 Å². The predicted octanol–water partition coefficient (Wildman–Crippen LogP) is 2.33. The zero-order chi connectivity index (χ0) is 15.4. The summed E-state index contributed by atoms with van der Waals surface area (Å²) in [7, 11) is 0. The van der Waals surface area contributed by atoms with E-state index < -0.39 is 0 Å². The molecule has 106 valence electrons. The fourth-order valence-corrected chi connectivity index (χ4v) is 2.25. The van der Waals surface area contributed by atoms with Gasteiger partial charge in [-0.25, -0.2) is 4.98 Å². The Labute approximate surface area is 126 Å². The van der Waals surface area contributed by atoms with E-state index in [0.29, 0.717) is 22.3 Å². The number of hydrogen-bond acceptors (Lipinski definition) is 5. The summed E-state index contributed by atoms with van der Waals surface area (Å²) in [6, 6.07) is 13.9. The highest BCUT2D eigenvalue weighted by atomic mass is 16.1. The van der Waals surface area contributed by atoms with Gasteiger partial charge in [-0.1, -0.05) is 48.5 Å². The highest BCUT2D eigenvalue weighted by molar-refractivity contribution is 6.28. The summed E-state index contributed by atoms with van der Waals surface area (Å²) >= 11 is 0. The third-order valence-electron chi connectivity index (χ3n) is 3.24. The minimum atomic E-state index is -0.0641. The molecule has 0 N–H and O–H groups in total. The van der Waals surface area contributed by atoms with Crippen LogP contribution in [0.5, 0.6) is 0 Å². The van der Waals surface area contributed by atoms with Gasteiger partial charge in [0, 0.05) is 28.5 Å². The summed E-state index contributed by atoms with van der Waals surface area (Å²) in [4.78, 5) is 27.8. The second-order valence-corrected chi connectivity index (χ2v) is 4.54. The maximum absolute atomic E-state index is 12.1. The van der Waals surface area contributed by atoms with E-state index in [1.54, 1.807) is 54.7 Å². The minimum absolute atomic E-state index is 0.0641. The van der Waals surface area contributed by atoms with Gasteiger partial charge in [-0.2, -0.15) is 5.10 Å². The Kier molecular flexibility index (Phi) is 3.78. The molecule has 0 unspecified atom stereocenters. The van der Waals surface area contributed by atoms with Gasteiger partial charge in [0.25, 0.3) is 0 Å². The van der Waals surface area contributed by atoms with Gasteiger partial charge >= 0.3 is 0 Å². The average molecular weight is 289 g/mol. The molecule has 1 aliphatic rings. The van der Waals surface area contributed by atoms with Gasteiger partial charge in [-0.3, -0.25) is 9.59 Å². The van der Waals surface area contributed by atoms with Gasteiger partial charge < -0.3 is 0 Å². The first-order valence-electron chi connectivity index (χ1n) is 6.63. The van der Waals surface area contributed by atoms with E-state index in [-0.39, 0.29) is 11.6 Å². The number of carbonyl (C=O) groups excluding carboxylic acids is 2.